The molecule has 0 spiro atoms. The van der Waals surface area contributed by atoms with Crippen LogP contribution in [0.3, 0.4) is 0 Å². The number of quaternary nitrogens is 1. The minimum Gasteiger partial charge on any atom is -0.328 e. The van der Waals surface area contributed by atoms with Crippen LogP contribution in [0.1, 0.15) is 51.4 Å². The summed E-state index contributed by atoms with van der Waals surface area (Å²) >= 11 is 1.76. The largest absolute Gasteiger partial charge is 0.328 e. The standard InChI is InChI=1S/C21H27N3OS/c25-21(20-15-18-5-3-1-2-4-6-19(18)26-20)24-13-11-23(12-14-24)16-17-7-9-22-10-8-17/h7-10,15H,1-6,11-14,16H2/p+1. The third-order valence-corrected chi connectivity index (χ3v) is 6.89. The van der Waals surface area contributed by atoms with Gasteiger partial charge in [-0.15, -0.1) is 11.3 Å². The number of thiophene rings is 1. The molecule has 2 aromatic heterocycles. The fourth-order valence-corrected chi connectivity index (χ4v) is 5.32. The van der Waals surface area contributed by atoms with Crippen LogP contribution < -0.4 is 4.90 Å². The molecule has 0 unspecified atom stereocenters. The molecule has 5 heteroatoms. The van der Waals surface area contributed by atoms with Crippen molar-refractivity contribution >= 4 is 17.2 Å². The lowest BCUT2D eigenvalue weighted by atomic mass is 10.00. The summed E-state index contributed by atoms with van der Waals surface area (Å²) in [7, 11) is 0. The average Bonchev–Trinajstić information content (AvgIpc) is 3.05. The van der Waals surface area contributed by atoms with Crippen LogP contribution in [0.5, 0.6) is 0 Å². The van der Waals surface area contributed by atoms with Crippen LogP contribution in [-0.2, 0) is 19.4 Å². The molecule has 4 rings (SSSR count). The molecule has 0 aromatic carbocycles. The Morgan fingerprint density at radius 3 is 2.58 bits per heavy atom. The van der Waals surface area contributed by atoms with Gasteiger partial charge >= 0.3 is 0 Å². The molecule has 1 N–H and O–H groups in total. The highest BCUT2D eigenvalue weighted by molar-refractivity contribution is 7.14. The Labute approximate surface area is 159 Å². The number of piperazine rings is 1. The van der Waals surface area contributed by atoms with Crippen molar-refractivity contribution < 1.29 is 9.69 Å². The second-order valence-electron chi connectivity index (χ2n) is 7.55. The normalized spacial score (nSPS) is 18.8. The summed E-state index contributed by atoms with van der Waals surface area (Å²) in [5, 5.41) is 0. The number of aryl methyl sites for hydroxylation is 2. The van der Waals surface area contributed by atoms with E-state index in [2.05, 4.69) is 28.1 Å². The van der Waals surface area contributed by atoms with E-state index in [4.69, 9.17) is 0 Å². The summed E-state index contributed by atoms with van der Waals surface area (Å²) in [5.74, 6) is 0.254. The van der Waals surface area contributed by atoms with Crippen molar-refractivity contribution in [3.8, 4) is 0 Å². The molecule has 1 aliphatic carbocycles. The van der Waals surface area contributed by atoms with Crippen molar-refractivity contribution in [3.63, 3.8) is 0 Å². The number of hydrogen-bond acceptors (Lipinski definition) is 3. The maximum atomic E-state index is 13.0. The minimum absolute atomic E-state index is 0.254. The Bertz CT molecular complexity index is 709. The Morgan fingerprint density at radius 2 is 1.81 bits per heavy atom. The summed E-state index contributed by atoms with van der Waals surface area (Å²) in [4.78, 5) is 23.1. The topological polar surface area (TPSA) is 37.6 Å². The van der Waals surface area contributed by atoms with Crippen molar-refractivity contribution in [2.45, 2.75) is 45.1 Å². The van der Waals surface area contributed by atoms with E-state index in [1.54, 1.807) is 16.2 Å². The van der Waals surface area contributed by atoms with Gasteiger partial charge in [0.1, 0.15) is 6.54 Å². The Balaban J connectivity index is 1.35. The van der Waals surface area contributed by atoms with Crippen molar-refractivity contribution in [1.82, 2.24) is 9.88 Å². The van der Waals surface area contributed by atoms with E-state index < -0.39 is 0 Å². The van der Waals surface area contributed by atoms with E-state index in [0.717, 1.165) is 50.4 Å². The third kappa shape index (κ3) is 4.15. The van der Waals surface area contributed by atoms with Gasteiger partial charge in [-0.25, -0.2) is 0 Å². The third-order valence-electron chi connectivity index (χ3n) is 5.67. The van der Waals surface area contributed by atoms with Crippen LogP contribution in [0, 0.1) is 0 Å². The highest BCUT2D eigenvalue weighted by atomic mass is 32.1. The average molecular weight is 371 g/mol. The Morgan fingerprint density at radius 1 is 1.08 bits per heavy atom. The van der Waals surface area contributed by atoms with E-state index in [1.165, 1.54) is 41.7 Å². The van der Waals surface area contributed by atoms with Crippen molar-refractivity contribution in [3.05, 3.63) is 51.5 Å². The zero-order valence-corrected chi connectivity index (χ0v) is 16.2. The van der Waals surface area contributed by atoms with Gasteiger partial charge in [0.15, 0.2) is 0 Å². The van der Waals surface area contributed by atoms with Gasteiger partial charge in [0, 0.05) is 22.8 Å². The second-order valence-corrected chi connectivity index (χ2v) is 8.68. The predicted molar refractivity (Wildman–Crippen MR) is 105 cm³/mol. The van der Waals surface area contributed by atoms with Crippen molar-refractivity contribution in [2.75, 3.05) is 26.2 Å². The van der Waals surface area contributed by atoms with Gasteiger partial charge in [0.25, 0.3) is 5.91 Å². The Kier molecular flexibility index (Phi) is 5.65. The molecule has 3 heterocycles. The number of fused-ring (bicyclic) bond motifs is 1. The number of nitrogens with zero attached hydrogens (tertiary/aromatic N) is 2. The van der Waals surface area contributed by atoms with Gasteiger partial charge in [-0.1, -0.05) is 12.8 Å². The smallest absolute Gasteiger partial charge is 0.264 e. The summed E-state index contributed by atoms with van der Waals surface area (Å²) in [6.07, 6.45) is 11.3. The van der Waals surface area contributed by atoms with E-state index in [-0.39, 0.29) is 5.91 Å². The van der Waals surface area contributed by atoms with Gasteiger partial charge in [0.05, 0.1) is 31.1 Å². The lowest BCUT2D eigenvalue weighted by Gasteiger charge is -2.32. The SMILES string of the molecule is O=C(c1cc2c(s1)CCCCCC2)N1CC[NH+](Cc2ccncc2)CC1. The number of amides is 1. The van der Waals surface area contributed by atoms with Gasteiger partial charge in [-0.05, 0) is 49.4 Å². The fraction of sp³-hybridized carbons (Fsp3) is 0.524. The molecule has 138 valence electrons. The van der Waals surface area contributed by atoms with Crippen LogP contribution in [0.15, 0.2) is 30.6 Å². The molecule has 2 aromatic rings. The maximum absolute atomic E-state index is 13.0. The zero-order chi connectivity index (χ0) is 17.8. The molecule has 4 nitrogen and oxygen atoms in total. The molecule has 1 saturated heterocycles. The molecule has 1 fully saturated rings. The highest BCUT2D eigenvalue weighted by Crippen LogP contribution is 2.29. The molecule has 0 atom stereocenters. The molecule has 26 heavy (non-hydrogen) atoms. The van der Waals surface area contributed by atoms with Crippen LogP contribution in [-0.4, -0.2) is 42.0 Å². The molecule has 0 saturated carbocycles. The van der Waals surface area contributed by atoms with Gasteiger partial charge in [0.2, 0.25) is 0 Å². The first kappa shape index (κ1) is 17.7. The van der Waals surface area contributed by atoms with Crippen molar-refractivity contribution in [2.24, 2.45) is 0 Å². The number of rotatable bonds is 3. The molecule has 1 aliphatic heterocycles. The van der Waals surface area contributed by atoms with Gasteiger partial charge in [-0.3, -0.25) is 9.78 Å². The van der Waals surface area contributed by atoms with E-state index in [9.17, 15) is 4.79 Å². The van der Waals surface area contributed by atoms with Crippen LogP contribution >= 0.6 is 11.3 Å². The van der Waals surface area contributed by atoms with Gasteiger partial charge < -0.3 is 9.80 Å². The number of pyridine rings is 1. The predicted octanol–water partition coefficient (Wildman–Crippen LogP) is 2.34. The second kappa shape index (κ2) is 8.31. The number of hydrogen-bond donors (Lipinski definition) is 1. The maximum Gasteiger partial charge on any atom is 0.264 e. The zero-order valence-electron chi connectivity index (χ0n) is 15.4. The Hall–Kier alpha value is -1.72. The van der Waals surface area contributed by atoms with Crippen LogP contribution in [0.4, 0.5) is 0 Å². The number of carbonyl (C=O) groups excluding carboxylic acids is 1. The molecular formula is C21H28N3OS+. The van der Waals surface area contributed by atoms with Crippen LogP contribution in [0.2, 0.25) is 0 Å². The molecule has 2 aliphatic rings. The summed E-state index contributed by atoms with van der Waals surface area (Å²) < 4.78 is 0. The monoisotopic (exact) mass is 370 g/mol. The number of carbonyl (C=O) groups is 1. The lowest BCUT2D eigenvalue weighted by Crippen LogP contribution is -3.13. The van der Waals surface area contributed by atoms with E-state index in [0.29, 0.717) is 0 Å². The first-order chi connectivity index (χ1) is 12.8. The molecular weight excluding hydrogens is 342 g/mol. The lowest BCUT2D eigenvalue weighted by molar-refractivity contribution is -0.917. The summed E-state index contributed by atoms with van der Waals surface area (Å²) in [6, 6.07) is 6.38. The molecule has 0 bridgehead atoms. The van der Waals surface area contributed by atoms with Gasteiger partial charge in [-0.2, -0.15) is 0 Å². The first-order valence-electron chi connectivity index (χ1n) is 9.93. The summed E-state index contributed by atoms with van der Waals surface area (Å²) in [6.45, 7) is 4.81. The minimum atomic E-state index is 0.254. The number of aromatic nitrogens is 1. The number of nitrogens with one attached hydrogen (secondary N) is 1. The quantitative estimate of drug-likeness (QED) is 0.901. The summed E-state index contributed by atoms with van der Waals surface area (Å²) in [5.41, 5.74) is 2.77. The van der Waals surface area contributed by atoms with E-state index >= 15 is 0 Å². The van der Waals surface area contributed by atoms with Crippen molar-refractivity contribution in [1.29, 1.82) is 0 Å². The fourth-order valence-electron chi connectivity index (χ4n) is 4.10. The van der Waals surface area contributed by atoms with Crippen LogP contribution in [0.25, 0.3) is 0 Å². The molecule has 0 radical (unpaired) electrons. The highest BCUT2D eigenvalue weighted by Gasteiger charge is 2.26. The molecule has 1 amide bonds. The first-order valence-corrected chi connectivity index (χ1v) is 10.7. The van der Waals surface area contributed by atoms with E-state index in [1.807, 2.05) is 12.4 Å².